The molecule has 3 nitrogen and oxygen atoms in total. The van der Waals surface area contributed by atoms with Crippen molar-refractivity contribution in [2.24, 2.45) is 0 Å². The third kappa shape index (κ3) is 6.73. The lowest BCUT2D eigenvalue weighted by Gasteiger charge is -2.29. The van der Waals surface area contributed by atoms with Crippen LogP contribution in [0.3, 0.4) is 0 Å². The number of nitrogens with zero attached hydrogens (tertiary/aromatic N) is 3. The summed E-state index contributed by atoms with van der Waals surface area (Å²) < 4.78 is 7.36. The number of hydrogen-bond acceptors (Lipinski definition) is 0. The summed E-state index contributed by atoms with van der Waals surface area (Å²) in [5.41, 5.74) is 25.5. The smallest absolute Gasteiger partial charge is 0.0541 e. The summed E-state index contributed by atoms with van der Waals surface area (Å²) in [7, 11) is 0. The molecule has 1 unspecified atom stereocenters. The van der Waals surface area contributed by atoms with Gasteiger partial charge < -0.3 is 13.7 Å². The van der Waals surface area contributed by atoms with Crippen molar-refractivity contribution in [1.29, 1.82) is 0 Å². The fraction of sp³-hybridized carbons (Fsp3) is 0.139. The van der Waals surface area contributed by atoms with Crippen LogP contribution >= 0.6 is 0 Å². The zero-order valence-electron chi connectivity index (χ0n) is 42.8. The molecule has 0 radical (unpaired) electrons. The molecule has 3 heterocycles. The first-order valence-electron chi connectivity index (χ1n) is 27.0. The van der Waals surface area contributed by atoms with E-state index in [0.717, 1.165) is 37.8 Å². The van der Waals surface area contributed by atoms with Crippen molar-refractivity contribution in [3.05, 3.63) is 258 Å². The lowest BCUT2D eigenvalue weighted by atomic mass is 9.74. The molecule has 0 aliphatic heterocycles. The average Bonchev–Trinajstić information content (AvgIpc) is 4.20. The van der Waals surface area contributed by atoms with E-state index < -0.39 is 0 Å². The van der Waals surface area contributed by atoms with Crippen molar-refractivity contribution in [2.45, 2.75) is 63.7 Å². The third-order valence-corrected chi connectivity index (χ3v) is 17.4. The highest BCUT2D eigenvalue weighted by Gasteiger charge is 2.46. The van der Waals surface area contributed by atoms with E-state index in [4.69, 9.17) is 0 Å². The van der Waals surface area contributed by atoms with E-state index in [2.05, 4.69) is 265 Å². The Bertz CT molecular complexity index is 4270. The first-order valence-corrected chi connectivity index (χ1v) is 27.0. The minimum Gasteiger partial charge on any atom is -0.313 e. The quantitative estimate of drug-likeness (QED) is 0.151. The third-order valence-electron chi connectivity index (χ3n) is 17.4. The van der Waals surface area contributed by atoms with Gasteiger partial charge >= 0.3 is 0 Å². The predicted octanol–water partition coefficient (Wildman–Crippen LogP) is 18.6. The molecule has 12 aromatic rings. The topological polar surface area (TPSA) is 14.8 Å². The zero-order valence-corrected chi connectivity index (χ0v) is 42.8. The Morgan fingerprint density at radius 3 is 1.45 bits per heavy atom. The van der Waals surface area contributed by atoms with Gasteiger partial charge in [-0.05, 0) is 172 Å². The van der Waals surface area contributed by atoms with Crippen LogP contribution in [-0.2, 0) is 23.7 Å². The lowest BCUT2D eigenvalue weighted by Crippen LogP contribution is -2.23. The first kappa shape index (κ1) is 43.9. The van der Waals surface area contributed by atoms with Crippen LogP contribution in [0.1, 0.15) is 79.2 Å². The number of para-hydroxylation sites is 4. The molecule has 0 saturated carbocycles. The van der Waals surface area contributed by atoms with Gasteiger partial charge in [0, 0.05) is 61.0 Å². The fourth-order valence-electron chi connectivity index (χ4n) is 14.0. The molecule has 0 fully saturated rings. The van der Waals surface area contributed by atoms with Crippen molar-refractivity contribution in [3.63, 3.8) is 0 Å². The standard InChI is InChI=1S/C72H57N3/c1-71(2)46-72(3,51-36-28-47(29-37-51)48-30-38-52(39-31-48)73-65-22-10-4-16-55(65)56-17-5-11-23-66(56)73)64-45-62(50-34-42-54(43-35-50)75-69-26-14-8-20-59(69)60-21-9-15-27-70(60)75)61(44-63(64)71)49-32-40-53(41-33-49)74-67-24-12-6-18-57(67)58-19-7-13-25-68(58)74/h4-8,10,12-20,22,24-45H,9,11,21,23,46H2,1-3H3. The van der Waals surface area contributed by atoms with Gasteiger partial charge in [0.1, 0.15) is 0 Å². The maximum atomic E-state index is 2.57. The Balaban J connectivity index is 0.829. The number of rotatable bonds is 7. The van der Waals surface area contributed by atoms with Crippen molar-refractivity contribution in [3.8, 4) is 50.4 Å². The molecule has 15 rings (SSSR count). The Morgan fingerprint density at radius 2 is 0.840 bits per heavy atom. The average molecular weight is 964 g/mol. The summed E-state index contributed by atoms with van der Waals surface area (Å²) in [6.45, 7) is 7.39. The molecule has 0 bridgehead atoms. The number of allylic oxidation sites excluding steroid dienone is 2. The Hall–Kier alpha value is -8.66. The van der Waals surface area contributed by atoms with Crippen LogP contribution < -0.4 is 0 Å². The van der Waals surface area contributed by atoms with Crippen LogP contribution in [0.15, 0.2) is 218 Å². The van der Waals surface area contributed by atoms with Gasteiger partial charge in [-0.1, -0.05) is 172 Å². The summed E-state index contributed by atoms with van der Waals surface area (Å²) in [6.07, 6.45) is 14.6. The van der Waals surface area contributed by atoms with E-state index in [0.29, 0.717) is 0 Å². The van der Waals surface area contributed by atoms with E-state index in [1.165, 1.54) is 128 Å². The van der Waals surface area contributed by atoms with E-state index >= 15 is 0 Å². The van der Waals surface area contributed by atoms with Crippen LogP contribution in [0.2, 0.25) is 0 Å². The summed E-state index contributed by atoms with van der Waals surface area (Å²) in [5.74, 6) is 0. The van der Waals surface area contributed by atoms with Crippen LogP contribution in [0.25, 0.3) is 106 Å². The van der Waals surface area contributed by atoms with Crippen LogP contribution in [-0.4, -0.2) is 13.7 Å². The molecule has 0 saturated heterocycles. The Morgan fingerprint density at radius 1 is 0.387 bits per heavy atom. The molecule has 3 heteroatoms. The molecular weight excluding hydrogens is 907 g/mol. The molecule has 360 valence electrons. The second-order valence-corrected chi connectivity index (χ2v) is 22.2. The molecule has 0 amide bonds. The molecule has 9 aromatic carbocycles. The number of aryl methyl sites for hydroxylation is 1. The Kier molecular flexibility index (Phi) is 9.76. The Labute approximate surface area is 439 Å². The van der Waals surface area contributed by atoms with Crippen molar-refractivity contribution in [2.75, 3.05) is 0 Å². The van der Waals surface area contributed by atoms with E-state index in [1.807, 2.05) is 0 Å². The maximum absolute atomic E-state index is 2.57. The molecule has 75 heavy (non-hydrogen) atoms. The summed E-state index contributed by atoms with van der Waals surface area (Å²) in [4.78, 5) is 0. The molecular formula is C72H57N3. The number of benzene rings is 9. The molecule has 3 aromatic heterocycles. The highest BCUT2D eigenvalue weighted by molar-refractivity contribution is 6.09. The molecule has 0 N–H and O–H groups in total. The van der Waals surface area contributed by atoms with Gasteiger partial charge in [-0.3, -0.25) is 0 Å². The van der Waals surface area contributed by atoms with Crippen molar-refractivity contribution in [1.82, 2.24) is 13.7 Å². The number of fused-ring (bicyclic) bond motifs is 10. The molecule has 3 aliphatic carbocycles. The van der Waals surface area contributed by atoms with Crippen LogP contribution in [0.5, 0.6) is 0 Å². The highest BCUT2D eigenvalue weighted by Crippen LogP contribution is 2.55. The van der Waals surface area contributed by atoms with Gasteiger partial charge in [0.15, 0.2) is 0 Å². The maximum Gasteiger partial charge on any atom is 0.0541 e. The van der Waals surface area contributed by atoms with E-state index in [1.54, 1.807) is 0 Å². The van der Waals surface area contributed by atoms with Gasteiger partial charge in [0.05, 0.1) is 22.1 Å². The lowest BCUT2D eigenvalue weighted by molar-refractivity contribution is 0.425. The molecule has 1 atom stereocenters. The highest BCUT2D eigenvalue weighted by atomic mass is 15.0. The van der Waals surface area contributed by atoms with Crippen LogP contribution in [0, 0.1) is 0 Å². The predicted molar refractivity (Wildman–Crippen MR) is 316 cm³/mol. The van der Waals surface area contributed by atoms with Gasteiger partial charge in [0.25, 0.3) is 0 Å². The van der Waals surface area contributed by atoms with E-state index in [9.17, 15) is 0 Å². The fourth-order valence-corrected chi connectivity index (χ4v) is 14.0. The summed E-state index contributed by atoms with van der Waals surface area (Å²) >= 11 is 0. The van der Waals surface area contributed by atoms with Gasteiger partial charge in [-0.15, -0.1) is 0 Å². The van der Waals surface area contributed by atoms with Crippen molar-refractivity contribution < 1.29 is 0 Å². The SMILES string of the molecule is CC1(C)CC(C)(c2ccc(-c3ccc(-n4c5c(c6ccccc64)C=CCC5)cc3)cc2)c2cc(-c3ccc(-n4c5c(c6ccccc64)CCC=C5)cc3)c(-c3ccc(-n4c5ccccc5c5ccccc54)cc3)cc21. The second kappa shape index (κ2) is 16.7. The molecule has 0 spiro atoms. The van der Waals surface area contributed by atoms with Crippen LogP contribution in [0.4, 0.5) is 0 Å². The minimum absolute atomic E-state index is 0.0572. The summed E-state index contributed by atoms with van der Waals surface area (Å²) in [5, 5.41) is 5.24. The molecule has 3 aliphatic rings. The largest absolute Gasteiger partial charge is 0.313 e. The van der Waals surface area contributed by atoms with Gasteiger partial charge in [0.2, 0.25) is 0 Å². The van der Waals surface area contributed by atoms with Gasteiger partial charge in [-0.25, -0.2) is 0 Å². The van der Waals surface area contributed by atoms with Gasteiger partial charge in [-0.2, -0.15) is 0 Å². The first-order chi connectivity index (χ1) is 36.8. The van der Waals surface area contributed by atoms with E-state index in [-0.39, 0.29) is 10.8 Å². The monoisotopic (exact) mass is 963 g/mol. The van der Waals surface area contributed by atoms with Crippen molar-refractivity contribution >= 4 is 55.8 Å². The second-order valence-electron chi connectivity index (χ2n) is 22.2. The number of hydrogen-bond donors (Lipinski definition) is 0. The zero-order chi connectivity index (χ0) is 50.0. The normalized spacial score (nSPS) is 16.5. The number of aromatic nitrogens is 3. The minimum atomic E-state index is -0.201. The summed E-state index contributed by atoms with van der Waals surface area (Å²) in [6, 6.07) is 77.9.